The first-order valence-electron chi connectivity index (χ1n) is 7.19. The number of fused-ring (bicyclic) bond motifs is 1. The molecule has 0 fully saturated rings. The molecular formula is C16H25NOS. The molecule has 0 radical (unpaired) electrons. The van der Waals surface area contributed by atoms with Crippen LogP contribution in [-0.2, 0) is 6.42 Å². The van der Waals surface area contributed by atoms with Crippen molar-refractivity contribution in [2.75, 3.05) is 12.9 Å². The maximum atomic E-state index is 6.45. The Morgan fingerprint density at radius 3 is 2.95 bits per heavy atom. The molecule has 2 rings (SSSR count). The summed E-state index contributed by atoms with van der Waals surface area (Å²) in [5.41, 5.74) is 9.13. The van der Waals surface area contributed by atoms with Crippen LogP contribution in [0.5, 0.6) is 5.75 Å². The monoisotopic (exact) mass is 279 g/mol. The minimum Gasteiger partial charge on any atom is -0.497 e. The summed E-state index contributed by atoms with van der Waals surface area (Å²) in [4.78, 5) is 0. The van der Waals surface area contributed by atoms with Crippen molar-refractivity contribution in [1.29, 1.82) is 0 Å². The van der Waals surface area contributed by atoms with Gasteiger partial charge in [-0.1, -0.05) is 26.3 Å². The average molecular weight is 279 g/mol. The van der Waals surface area contributed by atoms with E-state index in [1.54, 1.807) is 7.11 Å². The second kappa shape index (κ2) is 6.67. The molecule has 3 atom stereocenters. The predicted octanol–water partition coefficient (Wildman–Crippen LogP) is 3.79. The molecule has 2 N–H and O–H groups in total. The fourth-order valence-electron chi connectivity index (χ4n) is 2.52. The van der Waals surface area contributed by atoms with Crippen molar-refractivity contribution >= 4 is 11.8 Å². The SMILES string of the molecule is CCC(C)CSC1CCc2cc(OC)ccc2C1N. The van der Waals surface area contributed by atoms with Crippen molar-refractivity contribution in [1.82, 2.24) is 0 Å². The highest BCUT2D eigenvalue weighted by Gasteiger charge is 2.27. The van der Waals surface area contributed by atoms with E-state index in [2.05, 4.69) is 37.7 Å². The molecule has 1 aromatic carbocycles. The largest absolute Gasteiger partial charge is 0.497 e. The van der Waals surface area contributed by atoms with Gasteiger partial charge in [-0.15, -0.1) is 0 Å². The van der Waals surface area contributed by atoms with E-state index in [1.807, 2.05) is 6.07 Å². The van der Waals surface area contributed by atoms with E-state index in [0.717, 1.165) is 18.1 Å². The first-order chi connectivity index (χ1) is 9.15. The highest BCUT2D eigenvalue weighted by molar-refractivity contribution is 7.99. The summed E-state index contributed by atoms with van der Waals surface area (Å²) in [5.74, 6) is 2.95. The second-order valence-corrected chi connectivity index (χ2v) is 6.79. The fourth-order valence-corrected chi connectivity index (χ4v) is 3.97. The maximum absolute atomic E-state index is 6.45. The summed E-state index contributed by atoms with van der Waals surface area (Å²) >= 11 is 2.06. The van der Waals surface area contributed by atoms with E-state index in [4.69, 9.17) is 10.5 Å². The normalized spacial score (nSPS) is 23.8. The summed E-state index contributed by atoms with van der Waals surface area (Å²) in [6, 6.07) is 6.49. The first kappa shape index (κ1) is 14.7. The Kier molecular flexibility index (Phi) is 5.17. The first-order valence-corrected chi connectivity index (χ1v) is 8.24. The Labute approximate surface area is 121 Å². The molecule has 0 saturated carbocycles. The number of nitrogens with two attached hydrogens (primary N) is 1. The van der Waals surface area contributed by atoms with Gasteiger partial charge >= 0.3 is 0 Å². The van der Waals surface area contributed by atoms with Gasteiger partial charge in [0.1, 0.15) is 5.75 Å². The van der Waals surface area contributed by atoms with Crippen LogP contribution in [0.4, 0.5) is 0 Å². The van der Waals surface area contributed by atoms with Crippen LogP contribution in [0.25, 0.3) is 0 Å². The van der Waals surface area contributed by atoms with Crippen LogP contribution in [0.1, 0.15) is 43.9 Å². The number of methoxy groups -OCH3 is 1. The molecule has 1 aliphatic rings. The molecule has 0 bridgehead atoms. The van der Waals surface area contributed by atoms with Crippen LogP contribution in [-0.4, -0.2) is 18.1 Å². The molecular weight excluding hydrogens is 254 g/mol. The van der Waals surface area contributed by atoms with E-state index in [1.165, 1.54) is 29.7 Å². The quantitative estimate of drug-likeness (QED) is 0.890. The highest BCUT2D eigenvalue weighted by atomic mass is 32.2. The lowest BCUT2D eigenvalue weighted by Gasteiger charge is -2.31. The summed E-state index contributed by atoms with van der Waals surface area (Å²) in [7, 11) is 1.72. The van der Waals surface area contributed by atoms with Gasteiger partial charge in [0, 0.05) is 11.3 Å². The Morgan fingerprint density at radius 1 is 1.47 bits per heavy atom. The standard InChI is InChI=1S/C16H25NOS/c1-4-11(2)10-19-15-8-5-12-9-13(18-3)6-7-14(12)16(15)17/h6-7,9,11,15-16H,4-5,8,10,17H2,1-3H3. The molecule has 2 nitrogen and oxygen atoms in total. The van der Waals surface area contributed by atoms with Gasteiger partial charge in [-0.25, -0.2) is 0 Å². The third-order valence-electron chi connectivity index (χ3n) is 4.10. The minimum absolute atomic E-state index is 0.170. The number of benzene rings is 1. The number of hydrogen-bond acceptors (Lipinski definition) is 3. The maximum Gasteiger partial charge on any atom is 0.119 e. The zero-order valence-corrected chi connectivity index (χ0v) is 13.0. The van der Waals surface area contributed by atoms with E-state index in [-0.39, 0.29) is 6.04 Å². The molecule has 0 amide bonds. The van der Waals surface area contributed by atoms with Crippen molar-refractivity contribution < 1.29 is 4.74 Å². The van der Waals surface area contributed by atoms with Gasteiger partial charge in [0.2, 0.25) is 0 Å². The number of ether oxygens (including phenoxy) is 1. The smallest absolute Gasteiger partial charge is 0.119 e. The molecule has 0 aromatic heterocycles. The molecule has 1 aromatic rings. The molecule has 3 heteroatoms. The van der Waals surface area contributed by atoms with E-state index in [9.17, 15) is 0 Å². The fraction of sp³-hybridized carbons (Fsp3) is 0.625. The number of aryl methyl sites for hydroxylation is 1. The van der Waals surface area contributed by atoms with Gasteiger partial charge < -0.3 is 10.5 Å². The molecule has 19 heavy (non-hydrogen) atoms. The number of thioether (sulfide) groups is 1. The lowest BCUT2D eigenvalue weighted by Crippen LogP contribution is -2.30. The van der Waals surface area contributed by atoms with Gasteiger partial charge in [-0.3, -0.25) is 0 Å². The van der Waals surface area contributed by atoms with Gasteiger partial charge in [0.05, 0.1) is 7.11 Å². The Bertz CT molecular complexity index is 421. The highest BCUT2D eigenvalue weighted by Crippen LogP contribution is 2.37. The third-order valence-corrected chi connectivity index (χ3v) is 5.82. The van der Waals surface area contributed by atoms with Crippen LogP contribution in [0.3, 0.4) is 0 Å². The summed E-state index contributed by atoms with van der Waals surface area (Å²) in [6.07, 6.45) is 3.56. The number of hydrogen-bond donors (Lipinski definition) is 1. The van der Waals surface area contributed by atoms with Crippen molar-refractivity contribution in [2.45, 2.75) is 44.4 Å². The minimum atomic E-state index is 0.170. The van der Waals surface area contributed by atoms with Crippen molar-refractivity contribution in [3.63, 3.8) is 0 Å². The van der Waals surface area contributed by atoms with Crippen LogP contribution >= 0.6 is 11.8 Å². The summed E-state index contributed by atoms with van der Waals surface area (Å²) in [5, 5.41) is 0.565. The van der Waals surface area contributed by atoms with Crippen molar-refractivity contribution in [2.24, 2.45) is 11.7 Å². The van der Waals surface area contributed by atoms with Gasteiger partial charge in [0.15, 0.2) is 0 Å². The average Bonchev–Trinajstić information content (AvgIpc) is 2.45. The topological polar surface area (TPSA) is 35.2 Å². The molecule has 0 aliphatic heterocycles. The molecule has 106 valence electrons. The van der Waals surface area contributed by atoms with Crippen molar-refractivity contribution in [3.05, 3.63) is 29.3 Å². The van der Waals surface area contributed by atoms with Crippen molar-refractivity contribution in [3.8, 4) is 5.75 Å². The summed E-state index contributed by atoms with van der Waals surface area (Å²) < 4.78 is 5.29. The van der Waals surface area contributed by atoms with E-state index < -0.39 is 0 Å². The zero-order chi connectivity index (χ0) is 13.8. The lowest BCUT2D eigenvalue weighted by atomic mass is 9.87. The van der Waals surface area contributed by atoms with E-state index >= 15 is 0 Å². The van der Waals surface area contributed by atoms with Gasteiger partial charge in [-0.05, 0) is 47.8 Å². The number of rotatable bonds is 5. The summed E-state index contributed by atoms with van der Waals surface area (Å²) in [6.45, 7) is 4.58. The molecule has 1 aliphatic carbocycles. The molecule has 0 heterocycles. The molecule has 3 unspecified atom stereocenters. The van der Waals surface area contributed by atoms with Crippen LogP contribution in [0.15, 0.2) is 18.2 Å². The van der Waals surface area contributed by atoms with E-state index in [0.29, 0.717) is 5.25 Å². The second-order valence-electron chi connectivity index (χ2n) is 5.51. The van der Waals surface area contributed by atoms with Gasteiger partial charge in [0.25, 0.3) is 0 Å². The van der Waals surface area contributed by atoms with Crippen LogP contribution < -0.4 is 10.5 Å². The zero-order valence-electron chi connectivity index (χ0n) is 12.2. The Morgan fingerprint density at radius 2 is 2.26 bits per heavy atom. The predicted molar refractivity (Wildman–Crippen MR) is 83.9 cm³/mol. The van der Waals surface area contributed by atoms with Crippen LogP contribution in [0.2, 0.25) is 0 Å². The lowest BCUT2D eigenvalue weighted by molar-refractivity contribution is 0.413. The van der Waals surface area contributed by atoms with Gasteiger partial charge in [-0.2, -0.15) is 11.8 Å². The van der Waals surface area contributed by atoms with Crippen LogP contribution in [0, 0.1) is 5.92 Å². The Balaban J connectivity index is 2.05. The third kappa shape index (κ3) is 3.46. The Hall–Kier alpha value is -0.670. The molecule has 0 spiro atoms. The molecule has 0 saturated heterocycles.